The quantitative estimate of drug-likeness (QED) is 0.486. The first-order chi connectivity index (χ1) is 9.09. The molecule has 1 N–H and O–H groups in total. The minimum absolute atomic E-state index is 0. The number of hydrogen-bond donors (Lipinski definition) is 1. The number of rotatable bonds is 4. The normalized spacial score (nSPS) is 16.3. The fraction of sp³-hybridized carbons (Fsp3) is 0.533. The molecule has 2 rings (SSSR count). The van der Waals surface area contributed by atoms with E-state index in [0.717, 1.165) is 30.9 Å². The molecule has 3 nitrogen and oxygen atoms in total. The summed E-state index contributed by atoms with van der Waals surface area (Å²) in [5.41, 5.74) is 0.732. The predicted molar refractivity (Wildman–Crippen MR) is 92.4 cm³/mol. The molecule has 0 atom stereocenters. The van der Waals surface area contributed by atoms with Crippen LogP contribution in [-0.2, 0) is 5.41 Å². The maximum absolute atomic E-state index is 13.9. The van der Waals surface area contributed by atoms with Crippen LogP contribution in [0, 0.1) is 5.82 Å². The fourth-order valence-corrected chi connectivity index (χ4v) is 2.29. The van der Waals surface area contributed by atoms with E-state index in [2.05, 4.69) is 10.3 Å². The van der Waals surface area contributed by atoms with Crippen LogP contribution in [0.3, 0.4) is 0 Å². The van der Waals surface area contributed by atoms with Gasteiger partial charge in [-0.25, -0.2) is 4.39 Å². The van der Waals surface area contributed by atoms with Crippen LogP contribution >= 0.6 is 24.0 Å². The third-order valence-corrected chi connectivity index (χ3v) is 3.59. The molecule has 0 saturated heterocycles. The van der Waals surface area contributed by atoms with Crippen LogP contribution in [0.2, 0.25) is 0 Å². The summed E-state index contributed by atoms with van der Waals surface area (Å²) >= 11 is 0. The highest BCUT2D eigenvalue weighted by Gasteiger charge is 2.45. The van der Waals surface area contributed by atoms with Crippen molar-refractivity contribution in [2.75, 3.05) is 27.2 Å². The molecule has 0 bridgehead atoms. The van der Waals surface area contributed by atoms with Crippen LogP contribution in [0.1, 0.15) is 25.3 Å². The van der Waals surface area contributed by atoms with Crippen LogP contribution in [0.4, 0.5) is 4.39 Å². The monoisotopic (exact) mass is 391 g/mol. The number of nitrogens with zero attached hydrogens (tertiary/aromatic N) is 2. The Morgan fingerprint density at radius 1 is 1.35 bits per heavy atom. The van der Waals surface area contributed by atoms with Gasteiger partial charge in [0.1, 0.15) is 5.82 Å². The van der Waals surface area contributed by atoms with Crippen LogP contribution in [0.15, 0.2) is 29.3 Å². The third-order valence-electron chi connectivity index (χ3n) is 3.59. The molecule has 0 amide bonds. The highest BCUT2D eigenvalue weighted by atomic mass is 127. The Hall–Kier alpha value is -0.850. The predicted octanol–water partition coefficient (Wildman–Crippen LogP) is 3.00. The van der Waals surface area contributed by atoms with Crippen LogP contribution < -0.4 is 5.32 Å². The first-order valence-electron chi connectivity index (χ1n) is 6.80. The molecular weight excluding hydrogens is 368 g/mol. The standard InChI is InChI=1S/C15H22FN3.HI/c1-4-17-14(19(2)3)18-11-15(9-10-15)12-7-5-6-8-13(12)16;/h5-8H,4,9-11H2,1-3H3,(H,17,18);1H. The van der Waals surface area contributed by atoms with Gasteiger partial charge >= 0.3 is 0 Å². The van der Waals surface area contributed by atoms with E-state index in [9.17, 15) is 4.39 Å². The average molecular weight is 391 g/mol. The second kappa shape index (κ2) is 7.24. The summed E-state index contributed by atoms with van der Waals surface area (Å²) in [4.78, 5) is 6.59. The van der Waals surface area contributed by atoms with E-state index in [4.69, 9.17) is 0 Å². The Morgan fingerprint density at radius 2 is 2.00 bits per heavy atom. The summed E-state index contributed by atoms with van der Waals surface area (Å²) in [6, 6.07) is 7.07. The Labute approximate surface area is 137 Å². The van der Waals surface area contributed by atoms with E-state index in [-0.39, 0.29) is 35.2 Å². The molecule has 20 heavy (non-hydrogen) atoms. The minimum Gasteiger partial charge on any atom is -0.357 e. The summed E-state index contributed by atoms with van der Waals surface area (Å²) in [7, 11) is 3.92. The number of benzene rings is 1. The molecule has 112 valence electrons. The molecule has 1 saturated carbocycles. The molecule has 1 aromatic rings. The van der Waals surface area contributed by atoms with Crippen molar-refractivity contribution in [3.63, 3.8) is 0 Å². The molecule has 1 aliphatic carbocycles. The minimum atomic E-state index is -0.106. The summed E-state index contributed by atoms with van der Waals surface area (Å²) in [6.45, 7) is 3.53. The zero-order chi connectivity index (χ0) is 13.9. The van der Waals surface area contributed by atoms with Crippen molar-refractivity contribution >= 4 is 29.9 Å². The number of halogens is 2. The van der Waals surface area contributed by atoms with E-state index >= 15 is 0 Å². The zero-order valence-corrected chi connectivity index (χ0v) is 14.6. The lowest BCUT2D eigenvalue weighted by Crippen LogP contribution is -2.37. The molecule has 0 aromatic heterocycles. The van der Waals surface area contributed by atoms with E-state index in [1.54, 1.807) is 6.07 Å². The molecule has 0 heterocycles. The lowest BCUT2D eigenvalue weighted by atomic mass is 9.95. The van der Waals surface area contributed by atoms with Gasteiger partial charge in [-0.05, 0) is 31.4 Å². The summed E-state index contributed by atoms with van der Waals surface area (Å²) in [6.07, 6.45) is 2.04. The molecule has 0 radical (unpaired) electrons. The molecular formula is C15H23FIN3. The number of aliphatic imine (C=N–C) groups is 1. The topological polar surface area (TPSA) is 27.6 Å². The lowest BCUT2D eigenvalue weighted by molar-refractivity contribution is 0.557. The van der Waals surface area contributed by atoms with Gasteiger partial charge in [-0.1, -0.05) is 18.2 Å². The molecule has 0 spiro atoms. The van der Waals surface area contributed by atoms with Gasteiger partial charge in [0.2, 0.25) is 0 Å². The molecule has 0 unspecified atom stereocenters. The fourth-order valence-electron chi connectivity index (χ4n) is 2.29. The third kappa shape index (κ3) is 3.84. The van der Waals surface area contributed by atoms with Crippen molar-refractivity contribution in [3.05, 3.63) is 35.6 Å². The summed E-state index contributed by atoms with van der Waals surface area (Å²) in [5, 5.41) is 3.23. The van der Waals surface area contributed by atoms with Gasteiger partial charge in [0, 0.05) is 26.1 Å². The van der Waals surface area contributed by atoms with E-state index in [0.29, 0.717) is 6.54 Å². The molecule has 1 aromatic carbocycles. The second-order valence-corrected chi connectivity index (χ2v) is 5.32. The van der Waals surface area contributed by atoms with Gasteiger partial charge in [-0.3, -0.25) is 4.99 Å². The van der Waals surface area contributed by atoms with Gasteiger partial charge in [-0.2, -0.15) is 0 Å². The van der Waals surface area contributed by atoms with E-state index < -0.39 is 0 Å². The van der Waals surface area contributed by atoms with Crippen molar-refractivity contribution in [1.29, 1.82) is 0 Å². The van der Waals surface area contributed by atoms with Gasteiger partial charge in [0.15, 0.2) is 5.96 Å². The zero-order valence-electron chi connectivity index (χ0n) is 12.3. The molecule has 1 fully saturated rings. The summed E-state index contributed by atoms with van der Waals surface area (Å²) in [5.74, 6) is 0.759. The number of nitrogens with one attached hydrogen (secondary N) is 1. The van der Waals surface area contributed by atoms with E-state index in [1.165, 1.54) is 6.07 Å². The van der Waals surface area contributed by atoms with Gasteiger partial charge in [-0.15, -0.1) is 24.0 Å². The highest BCUT2D eigenvalue weighted by Crippen LogP contribution is 2.49. The first kappa shape index (κ1) is 17.2. The largest absolute Gasteiger partial charge is 0.357 e. The molecule has 0 aliphatic heterocycles. The first-order valence-corrected chi connectivity index (χ1v) is 6.80. The lowest BCUT2D eigenvalue weighted by Gasteiger charge is -2.19. The molecule has 1 aliphatic rings. The van der Waals surface area contributed by atoms with Crippen molar-refractivity contribution in [3.8, 4) is 0 Å². The van der Waals surface area contributed by atoms with Crippen LogP contribution in [0.5, 0.6) is 0 Å². The Bertz CT molecular complexity index is 470. The van der Waals surface area contributed by atoms with Crippen molar-refractivity contribution in [2.45, 2.75) is 25.2 Å². The van der Waals surface area contributed by atoms with Gasteiger partial charge in [0.05, 0.1) is 6.54 Å². The van der Waals surface area contributed by atoms with Crippen LogP contribution in [-0.4, -0.2) is 38.0 Å². The summed E-state index contributed by atoms with van der Waals surface area (Å²) < 4.78 is 13.9. The maximum atomic E-state index is 13.9. The maximum Gasteiger partial charge on any atom is 0.193 e. The number of hydrogen-bond acceptors (Lipinski definition) is 1. The Kier molecular flexibility index (Phi) is 6.23. The second-order valence-electron chi connectivity index (χ2n) is 5.32. The highest BCUT2D eigenvalue weighted by molar-refractivity contribution is 14.0. The number of guanidine groups is 1. The Morgan fingerprint density at radius 3 is 2.50 bits per heavy atom. The average Bonchev–Trinajstić information content (AvgIpc) is 3.15. The van der Waals surface area contributed by atoms with Gasteiger partial charge in [0.25, 0.3) is 0 Å². The van der Waals surface area contributed by atoms with Crippen molar-refractivity contribution in [1.82, 2.24) is 10.2 Å². The van der Waals surface area contributed by atoms with Gasteiger partial charge < -0.3 is 10.2 Å². The van der Waals surface area contributed by atoms with Crippen LogP contribution in [0.25, 0.3) is 0 Å². The molecule has 5 heteroatoms. The van der Waals surface area contributed by atoms with Crippen molar-refractivity contribution < 1.29 is 4.39 Å². The smallest absolute Gasteiger partial charge is 0.193 e. The van der Waals surface area contributed by atoms with E-state index in [1.807, 2.05) is 38.1 Å². The Balaban J connectivity index is 0.00000200. The SMILES string of the molecule is CCNC(=NCC1(c2ccccc2F)CC1)N(C)C.I. The van der Waals surface area contributed by atoms with Crippen molar-refractivity contribution in [2.24, 2.45) is 4.99 Å².